The zero-order valence-corrected chi connectivity index (χ0v) is 12.3. The number of amides is 4. The monoisotopic (exact) mass is 332 g/mol. The third-order valence-electron chi connectivity index (χ3n) is 3.77. The Balaban J connectivity index is 1.86. The number of hydrogen-bond acceptors (Lipinski definition) is 6. The smallest absolute Gasteiger partial charge is 0.341 e. The summed E-state index contributed by atoms with van der Waals surface area (Å²) in [6.07, 6.45) is 0.106. The van der Waals surface area contributed by atoms with Gasteiger partial charge in [0.25, 0.3) is 11.8 Å². The summed E-state index contributed by atoms with van der Waals surface area (Å²) in [5.41, 5.74) is 0.139. The molecule has 9 heteroatoms. The number of carbonyl (C=O) groups is 5. The third-order valence-corrected chi connectivity index (χ3v) is 3.77. The van der Waals surface area contributed by atoms with Gasteiger partial charge in [-0.05, 0) is 24.6 Å². The molecule has 0 bridgehead atoms. The minimum Gasteiger partial charge on any atom is -0.482 e. The number of aliphatic carboxylic acids is 1. The van der Waals surface area contributed by atoms with Crippen molar-refractivity contribution in [2.75, 3.05) is 6.61 Å². The second-order valence-corrected chi connectivity index (χ2v) is 5.34. The Kier molecular flexibility index (Phi) is 3.76. The third kappa shape index (κ3) is 2.60. The van der Waals surface area contributed by atoms with E-state index >= 15 is 0 Å². The van der Waals surface area contributed by atoms with Crippen LogP contribution in [0.1, 0.15) is 33.6 Å². The van der Waals surface area contributed by atoms with Gasteiger partial charge in [0.05, 0.1) is 11.1 Å². The molecule has 1 saturated heterocycles. The fourth-order valence-corrected chi connectivity index (χ4v) is 2.68. The van der Waals surface area contributed by atoms with Gasteiger partial charge in [0.15, 0.2) is 6.61 Å². The summed E-state index contributed by atoms with van der Waals surface area (Å²) in [6, 6.07) is 2.95. The largest absolute Gasteiger partial charge is 0.482 e. The van der Waals surface area contributed by atoms with Crippen LogP contribution in [0.15, 0.2) is 18.2 Å². The Morgan fingerprint density at radius 1 is 1.21 bits per heavy atom. The highest BCUT2D eigenvalue weighted by Crippen LogP contribution is 2.30. The Hall–Kier alpha value is -3.23. The van der Waals surface area contributed by atoms with Gasteiger partial charge < -0.3 is 9.84 Å². The zero-order chi connectivity index (χ0) is 17.4. The second-order valence-electron chi connectivity index (χ2n) is 5.34. The van der Waals surface area contributed by atoms with Crippen molar-refractivity contribution in [2.45, 2.75) is 18.9 Å². The lowest BCUT2D eigenvalue weighted by Gasteiger charge is -2.27. The molecule has 3 rings (SSSR count). The van der Waals surface area contributed by atoms with Gasteiger partial charge in [-0.2, -0.15) is 0 Å². The van der Waals surface area contributed by atoms with Crippen LogP contribution in [-0.4, -0.2) is 52.3 Å². The second kappa shape index (κ2) is 5.76. The fourth-order valence-electron chi connectivity index (χ4n) is 2.68. The molecule has 0 radical (unpaired) electrons. The first-order valence-electron chi connectivity index (χ1n) is 7.08. The number of piperidine rings is 1. The Morgan fingerprint density at radius 2 is 1.92 bits per heavy atom. The fraction of sp³-hybridized carbons (Fsp3) is 0.267. The molecule has 2 N–H and O–H groups in total. The predicted molar refractivity (Wildman–Crippen MR) is 76.2 cm³/mol. The lowest BCUT2D eigenvalue weighted by molar-refractivity contribution is -0.139. The molecule has 0 spiro atoms. The summed E-state index contributed by atoms with van der Waals surface area (Å²) in [5, 5.41) is 10.7. The van der Waals surface area contributed by atoms with Crippen LogP contribution in [0.2, 0.25) is 0 Å². The number of carboxylic acids is 1. The molecule has 1 aromatic rings. The minimum absolute atomic E-state index is 0.0348. The van der Waals surface area contributed by atoms with Gasteiger partial charge in [-0.15, -0.1) is 0 Å². The molecule has 4 amide bonds. The van der Waals surface area contributed by atoms with Gasteiger partial charge >= 0.3 is 5.97 Å². The predicted octanol–water partition coefficient (Wildman–Crippen LogP) is -0.449. The van der Waals surface area contributed by atoms with E-state index in [1.165, 1.54) is 18.2 Å². The lowest BCUT2D eigenvalue weighted by atomic mass is 10.0. The van der Waals surface area contributed by atoms with E-state index in [0.717, 1.165) is 4.90 Å². The molecule has 2 heterocycles. The standard InChI is InChI=1S/C15H12N2O7/c18-11-4-3-10(13(21)16-11)17-14(22)8-2-1-7(24-6-12(19)20)5-9(8)15(17)23/h1-2,5,10H,3-4,6H2,(H,19,20)(H,16,18,21)/t10-/m1/s1. The van der Waals surface area contributed by atoms with E-state index in [9.17, 15) is 24.0 Å². The molecule has 2 aliphatic heterocycles. The van der Waals surface area contributed by atoms with Crippen molar-refractivity contribution >= 4 is 29.6 Å². The maximum absolute atomic E-state index is 12.5. The summed E-state index contributed by atoms with van der Waals surface area (Å²) in [6.45, 7) is -0.586. The van der Waals surface area contributed by atoms with Crippen LogP contribution < -0.4 is 10.1 Å². The van der Waals surface area contributed by atoms with Crippen LogP contribution in [0.25, 0.3) is 0 Å². The summed E-state index contributed by atoms with van der Waals surface area (Å²) < 4.78 is 4.99. The molecule has 1 aromatic carbocycles. The number of benzene rings is 1. The van der Waals surface area contributed by atoms with Crippen molar-refractivity contribution in [1.29, 1.82) is 0 Å². The topological polar surface area (TPSA) is 130 Å². The number of carbonyl (C=O) groups excluding carboxylic acids is 4. The number of nitrogens with one attached hydrogen (secondary N) is 1. The summed E-state index contributed by atoms with van der Waals surface area (Å²) in [5.74, 6) is -3.50. The van der Waals surface area contributed by atoms with E-state index < -0.39 is 42.2 Å². The Morgan fingerprint density at radius 3 is 2.58 bits per heavy atom. The van der Waals surface area contributed by atoms with Crippen LogP contribution in [0, 0.1) is 0 Å². The van der Waals surface area contributed by atoms with E-state index in [4.69, 9.17) is 9.84 Å². The average molecular weight is 332 g/mol. The van der Waals surface area contributed by atoms with Gasteiger partial charge in [0.2, 0.25) is 11.8 Å². The summed E-state index contributed by atoms with van der Waals surface area (Å²) in [4.78, 5) is 59.4. The van der Waals surface area contributed by atoms with Crippen molar-refractivity contribution in [3.8, 4) is 5.75 Å². The quantitative estimate of drug-likeness (QED) is 0.714. The highest BCUT2D eigenvalue weighted by atomic mass is 16.5. The van der Waals surface area contributed by atoms with Crippen LogP contribution in [0.4, 0.5) is 0 Å². The number of imide groups is 2. The van der Waals surface area contributed by atoms with Crippen molar-refractivity contribution in [1.82, 2.24) is 10.2 Å². The van der Waals surface area contributed by atoms with E-state index in [1.807, 2.05) is 0 Å². The first-order valence-corrected chi connectivity index (χ1v) is 7.08. The summed E-state index contributed by atoms with van der Waals surface area (Å²) in [7, 11) is 0. The van der Waals surface area contributed by atoms with E-state index in [1.54, 1.807) is 0 Å². The molecule has 0 aromatic heterocycles. The molecule has 9 nitrogen and oxygen atoms in total. The highest BCUT2D eigenvalue weighted by molar-refractivity contribution is 6.23. The molecule has 1 fully saturated rings. The number of ether oxygens (including phenoxy) is 1. The van der Waals surface area contributed by atoms with Crippen molar-refractivity contribution in [2.24, 2.45) is 0 Å². The van der Waals surface area contributed by atoms with E-state index in [-0.39, 0.29) is 29.7 Å². The number of hydrogen-bond donors (Lipinski definition) is 2. The highest BCUT2D eigenvalue weighted by Gasteiger charge is 2.44. The van der Waals surface area contributed by atoms with Crippen LogP contribution in [0.5, 0.6) is 5.75 Å². The van der Waals surface area contributed by atoms with Gasteiger partial charge in [-0.25, -0.2) is 4.79 Å². The molecule has 2 aliphatic rings. The van der Waals surface area contributed by atoms with Crippen LogP contribution in [-0.2, 0) is 14.4 Å². The SMILES string of the molecule is O=C(O)COc1ccc2c(c1)C(=O)N([C@@H]1CCC(=O)NC1=O)C2=O. The van der Waals surface area contributed by atoms with Gasteiger partial charge in [-0.3, -0.25) is 29.4 Å². The van der Waals surface area contributed by atoms with Gasteiger partial charge in [0, 0.05) is 6.42 Å². The minimum atomic E-state index is -1.18. The van der Waals surface area contributed by atoms with Gasteiger partial charge in [-0.1, -0.05) is 0 Å². The van der Waals surface area contributed by atoms with Crippen LogP contribution >= 0.6 is 0 Å². The first-order chi connectivity index (χ1) is 11.4. The number of rotatable bonds is 4. The molecular formula is C15H12N2O7. The molecule has 0 unspecified atom stereocenters. The maximum Gasteiger partial charge on any atom is 0.341 e. The molecule has 1 atom stereocenters. The number of nitrogens with zero attached hydrogens (tertiary/aromatic N) is 1. The molecule has 0 aliphatic carbocycles. The zero-order valence-electron chi connectivity index (χ0n) is 12.3. The normalized spacial score (nSPS) is 20.0. The van der Waals surface area contributed by atoms with E-state index in [0.29, 0.717) is 0 Å². The van der Waals surface area contributed by atoms with Crippen LogP contribution in [0.3, 0.4) is 0 Å². The Bertz CT molecular complexity index is 786. The average Bonchev–Trinajstić information content (AvgIpc) is 2.77. The molecular weight excluding hydrogens is 320 g/mol. The van der Waals surface area contributed by atoms with Crippen molar-refractivity contribution in [3.63, 3.8) is 0 Å². The Labute approximate surface area is 135 Å². The van der Waals surface area contributed by atoms with Gasteiger partial charge in [0.1, 0.15) is 11.8 Å². The molecule has 24 heavy (non-hydrogen) atoms. The number of carboxylic acid groups (broad SMARTS) is 1. The first kappa shape index (κ1) is 15.7. The molecule has 124 valence electrons. The number of fused-ring (bicyclic) bond motifs is 1. The van der Waals surface area contributed by atoms with Crippen molar-refractivity contribution < 1.29 is 33.8 Å². The summed E-state index contributed by atoms with van der Waals surface area (Å²) >= 11 is 0. The molecule has 0 saturated carbocycles. The van der Waals surface area contributed by atoms with Crippen molar-refractivity contribution in [3.05, 3.63) is 29.3 Å². The van der Waals surface area contributed by atoms with E-state index in [2.05, 4.69) is 5.32 Å². The maximum atomic E-state index is 12.5. The lowest BCUT2D eigenvalue weighted by Crippen LogP contribution is -2.54.